The van der Waals surface area contributed by atoms with Gasteiger partial charge in [0.15, 0.2) is 0 Å². The SMILES string of the molecule is N[C@@H]1CNNC1=O. The van der Waals surface area contributed by atoms with E-state index < -0.39 is 0 Å². The highest BCUT2D eigenvalue weighted by molar-refractivity contribution is 5.82. The lowest BCUT2D eigenvalue weighted by molar-refractivity contribution is -0.120. The summed E-state index contributed by atoms with van der Waals surface area (Å²) in [6, 6.07) is -0.347. The van der Waals surface area contributed by atoms with Crippen molar-refractivity contribution < 1.29 is 4.79 Å². The number of hydrogen-bond acceptors (Lipinski definition) is 3. The Morgan fingerprint density at radius 1 is 1.86 bits per heavy atom. The number of amides is 1. The Hall–Kier alpha value is -0.610. The van der Waals surface area contributed by atoms with Crippen LogP contribution in [-0.2, 0) is 4.79 Å². The Morgan fingerprint density at radius 3 is 2.71 bits per heavy atom. The Balaban J connectivity index is 2.48. The molecule has 1 saturated heterocycles. The zero-order valence-electron chi connectivity index (χ0n) is 3.77. The minimum absolute atomic E-state index is 0.125. The second kappa shape index (κ2) is 1.48. The first kappa shape index (κ1) is 4.55. The Labute approximate surface area is 41.0 Å². The van der Waals surface area contributed by atoms with Gasteiger partial charge in [0, 0.05) is 6.54 Å². The first-order chi connectivity index (χ1) is 3.30. The molecule has 0 radical (unpaired) electrons. The Kier molecular flexibility index (Phi) is 0.958. The van der Waals surface area contributed by atoms with Crippen LogP contribution in [0.2, 0.25) is 0 Å². The molecule has 1 rings (SSSR count). The normalized spacial score (nSPS) is 30.4. The van der Waals surface area contributed by atoms with Gasteiger partial charge in [0.25, 0.3) is 5.91 Å². The van der Waals surface area contributed by atoms with Gasteiger partial charge >= 0.3 is 0 Å². The zero-order chi connectivity index (χ0) is 5.28. The van der Waals surface area contributed by atoms with E-state index in [2.05, 4.69) is 10.9 Å². The molecule has 4 heteroatoms. The van der Waals surface area contributed by atoms with Gasteiger partial charge in [0.1, 0.15) is 0 Å². The lowest BCUT2D eigenvalue weighted by atomic mass is 10.3. The summed E-state index contributed by atoms with van der Waals surface area (Å²) in [5.74, 6) is -0.125. The summed E-state index contributed by atoms with van der Waals surface area (Å²) in [7, 11) is 0. The fourth-order valence-corrected chi connectivity index (χ4v) is 0.433. The van der Waals surface area contributed by atoms with E-state index in [1.54, 1.807) is 0 Å². The molecule has 1 aliphatic heterocycles. The van der Waals surface area contributed by atoms with Crippen molar-refractivity contribution in [3.8, 4) is 0 Å². The smallest absolute Gasteiger partial charge is 0.252 e. The summed E-state index contributed by atoms with van der Waals surface area (Å²) in [5, 5.41) is 0. The quantitative estimate of drug-likeness (QED) is 0.329. The van der Waals surface area contributed by atoms with Gasteiger partial charge in [-0.05, 0) is 0 Å². The third kappa shape index (κ3) is 0.703. The van der Waals surface area contributed by atoms with E-state index in [1.165, 1.54) is 0 Å². The van der Waals surface area contributed by atoms with Gasteiger partial charge in [-0.25, -0.2) is 5.43 Å². The molecule has 1 aliphatic rings. The lowest BCUT2D eigenvalue weighted by Gasteiger charge is -1.89. The van der Waals surface area contributed by atoms with Gasteiger partial charge in [-0.2, -0.15) is 0 Å². The summed E-state index contributed by atoms with van der Waals surface area (Å²) in [6.07, 6.45) is 0. The molecule has 0 aromatic carbocycles. The fraction of sp³-hybridized carbons (Fsp3) is 0.667. The van der Waals surface area contributed by atoms with Crippen LogP contribution >= 0.6 is 0 Å². The summed E-state index contributed by atoms with van der Waals surface area (Å²) in [6.45, 7) is 0.541. The van der Waals surface area contributed by atoms with Crippen LogP contribution in [0.1, 0.15) is 0 Å². The van der Waals surface area contributed by atoms with Crippen LogP contribution in [0.4, 0.5) is 0 Å². The minimum Gasteiger partial charge on any atom is -0.319 e. The lowest BCUT2D eigenvalue weighted by Crippen LogP contribution is -2.31. The maximum atomic E-state index is 10.3. The van der Waals surface area contributed by atoms with Crippen molar-refractivity contribution in [2.75, 3.05) is 6.54 Å². The van der Waals surface area contributed by atoms with E-state index in [-0.39, 0.29) is 11.9 Å². The molecule has 0 bridgehead atoms. The highest BCUT2D eigenvalue weighted by Crippen LogP contribution is 1.79. The van der Waals surface area contributed by atoms with E-state index in [9.17, 15) is 4.79 Å². The fourth-order valence-electron chi connectivity index (χ4n) is 0.433. The van der Waals surface area contributed by atoms with Crippen molar-refractivity contribution in [2.24, 2.45) is 5.73 Å². The van der Waals surface area contributed by atoms with Crippen molar-refractivity contribution in [1.82, 2.24) is 10.9 Å². The third-order valence-electron chi connectivity index (χ3n) is 0.870. The molecule has 1 amide bonds. The first-order valence-electron chi connectivity index (χ1n) is 2.09. The van der Waals surface area contributed by atoms with Crippen molar-refractivity contribution in [2.45, 2.75) is 6.04 Å². The number of carbonyl (C=O) groups is 1. The average molecular weight is 101 g/mol. The molecule has 0 aliphatic carbocycles. The summed E-state index contributed by atoms with van der Waals surface area (Å²) in [5.41, 5.74) is 10.2. The van der Waals surface area contributed by atoms with Crippen LogP contribution in [0.15, 0.2) is 0 Å². The number of hydrazine groups is 1. The average Bonchev–Trinajstić information content (AvgIpc) is 1.91. The molecule has 0 spiro atoms. The van der Waals surface area contributed by atoms with Crippen molar-refractivity contribution in [3.63, 3.8) is 0 Å². The van der Waals surface area contributed by atoms with Crippen LogP contribution in [0.25, 0.3) is 0 Å². The molecular weight excluding hydrogens is 94.1 g/mol. The van der Waals surface area contributed by atoms with Gasteiger partial charge in [0.2, 0.25) is 0 Å². The number of nitrogens with one attached hydrogen (secondary N) is 2. The maximum Gasteiger partial charge on any atom is 0.252 e. The molecule has 4 nitrogen and oxygen atoms in total. The Bertz CT molecular complexity index is 92.2. The van der Waals surface area contributed by atoms with Crippen molar-refractivity contribution in [3.05, 3.63) is 0 Å². The van der Waals surface area contributed by atoms with Crippen LogP contribution in [0, 0.1) is 0 Å². The highest BCUT2D eigenvalue weighted by atomic mass is 16.2. The van der Waals surface area contributed by atoms with Gasteiger partial charge in [-0.15, -0.1) is 0 Å². The number of rotatable bonds is 0. The largest absolute Gasteiger partial charge is 0.319 e. The van der Waals surface area contributed by atoms with E-state index in [1.807, 2.05) is 0 Å². The number of nitrogens with two attached hydrogens (primary N) is 1. The van der Waals surface area contributed by atoms with Gasteiger partial charge in [-0.1, -0.05) is 0 Å². The second-order valence-corrected chi connectivity index (χ2v) is 1.48. The van der Waals surface area contributed by atoms with Gasteiger partial charge in [-0.3, -0.25) is 10.2 Å². The predicted octanol–water partition coefficient (Wildman–Crippen LogP) is -2.05. The highest BCUT2D eigenvalue weighted by Gasteiger charge is 2.17. The van der Waals surface area contributed by atoms with E-state index >= 15 is 0 Å². The molecule has 0 aromatic rings. The summed E-state index contributed by atoms with van der Waals surface area (Å²) in [4.78, 5) is 10.3. The zero-order valence-corrected chi connectivity index (χ0v) is 3.77. The predicted molar refractivity (Wildman–Crippen MR) is 24.1 cm³/mol. The molecule has 7 heavy (non-hydrogen) atoms. The second-order valence-electron chi connectivity index (χ2n) is 1.48. The topological polar surface area (TPSA) is 67.2 Å². The molecule has 0 aromatic heterocycles. The maximum absolute atomic E-state index is 10.3. The van der Waals surface area contributed by atoms with E-state index in [4.69, 9.17) is 5.73 Å². The molecule has 0 saturated carbocycles. The van der Waals surface area contributed by atoms with Crippen molar-refractivity contribution in [1.29, 1.82) is 0 Å². The van der Waals surface area contributed by atoms with Crippen LogP contribution < -0.4 is 16.6 Å². The molecule has 4 N–H and O–H groups in total. The molecular formula is C3H7N3O. The summed E-state index contributed by atoms with van der Waals surface area (Å²) < 4.78 is 0. The number of carbonyl (C=O) groups excluding carboxylic acids is 1. The first-order valence-corrected chi connectivity index (χ1v) is 2.09. The number of hydrogen-bond donors (Lipinski definition) is 3. The Morgan fingerprint density at radius 2 is 2.57 bits per heavy atom. The monoisotopic (exact) mass is 101 g/mol. The van der Waals surface area contributed by atoms with Crippen molar-refractivity contribution >= 4 is 5.91 Å². The summed E-state index contributed by atoms with van der Waals surface area (Å²) >= 11 is 0. The van der Waals surface area contributed by atoms with Gasteiger partial charge in [0.05, 0.1) is 6.04 Å². The van der Waals surface area contributed by atoms with Crippen LogP contribution in [0.3, 0.4) is 0 Å². The molecule has 0 unspecified atom stereocenters. The van der Waals surface area contributed by atoms with Crippen LogP contribution in [-0.4, -0.2) is 18.5 Å². The third-order valence-corrected chi connectivity index (χ3v) is 0.870. The van der Waals surface area contributed by atoms with E-state index in [0.29, 0.717) is 6.54 Å². The standard InChI is InChI=1S/C3H7N3O/c4-2-1-5-6-3(2)7/h2,5H,1,4H2,(H,6,7)/t2-/m1/s1. The molecule has 1 fully saturated rings. The van der Waals surface area contributed by atoms with Crippen LogP contribution in [0.5, 0.6) is 0 Å². The minimum atomic E-state index is -0.347. The molecule has 1 atom stereocenters. The van der Waals surface area contributed by atoms with Gasteiger partial charge < -0.3 is 5.73 Å². The molecule has 40 valence electrons. The van der Waals surface area contributed by atoms with E-state index in [0.717, 1.165) is 0 Å². The molecule has 1 heterocycles.